The van der Waals surface area contributed by atoms with Crippen LogP contribution in [0, 0.1) is 0 Å². The lowest BCUT2D eigenvalue weighted by atomic mass is 10.2. The monoisotopic (exact) mass is 236 g/mol. The van der Waals surface area contributed by atoms with E-state index in [-0.39, 0.29) is 0 Å². The Hall–Kier alpha value is -1.13. The van der Waals surface area contributed by atoms with Gasteiger partial charge in [0.05, 0.1) is 23.2 Å². The van der Waals surface area contributed by atoms with E-state index in [0.717, 1.165) is 18.8 Å². The molecule has 3 nitrogen and oxygen atoms in total. The van der Waals surface area contributed by atoms with Gasteiger partial charge in [0.15, 0.2) is 0 Å². The SMILES string of the molecule is CC(C)c1nc(CNCc2ccoc2)cs1. The fraction of sp³-hybridized carbons (Fsp3) is 0.417. The molecule has 2 heterocycles. The molecule has 1 N–H and O–H groups in total. The van der Waals surface area contributed by atoms with Gasteiger partial charge in [-0.25, -0.2) is 4.98 Å². The van der Waals surface area contributed by atoms with Gasteiger partial charge in [-0.05, 0) is 6.07 Å². The van der Waals surface area contributed by atoms with Gasteiger partial charge in [0.2, 0.25) is 0 Å². The summed E-state index contributed by atoms with van der Waals surface area (Å²) in [6, 6.07) is 1.97. The van der Waals surface area contributed by atoms with Gasteiger partial charge in [0, 0.05) is 30.0 Å². The lowest BCUT2D eigenvalue weighted by Crippen LogP contribution is -2.12. The summed E-state index contributed by atoms with van der Waals surface area (Å²) in [5.74, 6) is 0.521. The molecular formula is C12H16N2OS. The molecule has 0 unspecified atom stereocenters. The number of rotatable bonds is 5. The molecule has 86 valence electrons. The second kappa shape index (κ2) is 5.27. The minimum absolute atomic E-state index is 0.521. The minimum atomic E-state index is 0.521. The van der Waals surface area contributed by atoms with Crippen LogP contribution >= 0.6 is 11.3 Å². The fourth-order valence-corrected chi connectivity index (χ4v) is 2.23. The van der Waals surface area contributed by atoms with Crippen molar-refractivity contribution in [1.82, 2.24) is 10.3 Å². The summed E-state index contributed by atoms with van der Waals surface area (Å²) >= 11 is 1.74. The van der Waals surface area contributed by atoms with Crippen molar-refractivity contribution in [2.24, 2.45) is 0 Å². The maximum absolute atomic E-state index is 5.00. The van der Waals surface area contributed by atoms with Crippen molar-refractivity contribution in [3.63, 3.8) is 0 Å². The quantitative estimate of drug-likeness (QED) is 0.866. The Morgan fingerprint density at radius 2 is 2.31 bits per heavy atom. The number of nitrogens with one attached hydrogen (secondary N) is 1. The van der Waals surface area contributed by atoms with E-state index in [1.165, 1.54) is 10.6 Å². The average Bonchev–Trinajstić information content (AvgIpc) is 2.87. The summed E-state index contributed by atoms with van der Waals surface area (Å²) in [7, 11) is 0. The highest BCUT2D eigenvalue weighted by atomic mass is 32.1. The highest BCUT2D eigenvalue weighted by Crippen LogP contribution is 2.18. The molecule has 16 heavy (non-hydrogen) atoms. The molecule has 0 saturated heterocycles. The van der Waals surface area contributed by atoms with Crippen LogP contribution in [0.4, 0.5) is 0 Å². The van der Waals surface area contributed by atoms with Gasteiger partial charge in [0.1, 0.15) is 0 Å². The van der Waals surface area contributed by atoms with Gasteiger partial charge >= 0.3 is 0 Å². The van der Waals surface area contributed by atoms with Gasteiger partial charge in [-0.1, -0.05) is 13.8 Å². The Balaban J connectivity index is 1.81. The zero-order valence-corrected chi connectivity index (χ0v) is 10.4. The highest BCUT2D eigenvalue weighted by molar-refractivity contribution is 7.09. The first-order valence-corrected chi connectivity index (χ1v) is 6.30. The minimum Gasteiger partial charge on any atom is -0.472 e. The number of thiazole rings is 1. The first kappa shape index (κ1) is 11.4. The van der Waals surface area contributed by atoms with Crippen molar-refractivity contribution in [1.29, 1.82) is 0 Å². The van der Waals surface area contributed by atoms with Crippen molar-refractivity contribution in [2.45, 2.75) is 32.9 Å². The second-order valence-electron chi connectivity index (χ2n) is 4.07. The predicted octanol–water partition coefficient (Wildman–Crippen LogP) is 3.15. The summed E-state index contributed by atoms with van der Waals surface area (Å²) in [4.78, 5) is 4.56. The Morgan fingerprint density at radius 3 is 2.94 bits per heavy atom. The van der Waals surface area contributed by atoms with Gasteiger partial charge in [-0.2, -0.15) is 0 Å². The van der Waals surface area contributed by atoms with Gasteiger partial charge in [-0.15, -0.1) is 11.3 Å². The van der Waals surface area contributed by atoms with Crippen LogP contribution in [0.2, 0.25) is 0 Å². The molecule has 0 aliphatic rings. The molecule has 0 radical (unpaired) electrons. The molecular weight excluding hydrogens is 220 g/mol. The predicted molar refractivity (Wildman–Crippen MR) is 65.5 cm³/mol. The zero-order valence-electron chi connectivity index (χ0n) is 9.56. The van der Waals surface area contributed by atoms with E-state index in [1.807, 2.05) is 6.07 Å². The molecule has 0 aromatic carbocycles. The normalized spacial score (nSPS) is 11.2. The number of nitrogens with zero attached hydrogens (tertiary/aromatic N) is 1. The van der Waals surface area contributed by atoms with Crippen LogP contribution < -0.4 is 5.32 Å². The summed E-state index contributed by atoms with van der Waals surface area (Å²) in [5.41, 5.74) is 2.29. The zero-order chi connectivity index (χ0) is 11.4. The molecule has 0 saturated carbocycles. The van der Waals surface area contributed by atoms with E-state index < -0.39 is 0 Å². The Labute approximate surface area is 99.5 Å². The van der Waals surface area contributed by atoms with Crippen LogP contribution in [0.3, 0.4) is 0 Å². The lowest BCUT2D eigenvalue weighted by molar-refractivity contribution is 0.560. The highest BCUT2D eigenvalue weighted by Gasteiger charge is 2.05. The summed E-state index contributed by atoms with van der Waals surface area (Å²) in [6.45, 7) is 5.97. The van der Waals surface area contributed by atoms with Crippen molar-refractivity contribution in [3.8, 4) is 0 Å². The van der Waals surface area contributed by atoms with E-state index in [0.29, 0.717) is 5.92 Å². The number of hydrogen-bond donors (Lipinski definition) is 1. The van der Waals surface area contributed by atoms with Gasteiger partial charge in [0.25, 0.3) is 0 Å². The van der Waals surface area contributed by atoms with Crippen LogP contribution in [0.1, 0.15) is 36.0 Å². The third-order valence-corrected chi connectivity index (χ3v) is 3.47. The first-order valence-electron chi connectivity index (χ1n) is 5.42. The average molecular weight is 236 g/mol. The van der Waals surface area contributed by atoms with E-state index in [2.05, 4.69) is 29.5 Å². The molecule has 2 rings (SSSR count). The van der Waals surface area contributed by atoms with Crippen LogP contribution in [0.5, 0.6) is 0 Å². The van der Waals surface area contributed by atoms with Crippen LogP contribution in [-0.2, 0) is 13.1 Å². The van der Waals surface area contributed by atoms with Crippen molar-refractivity contribution in [3.05, 3.63) is 40.2 Å². The lowest BCUT2D eigenvalue weighted by Gasteiger charge is -2.00. The van der Waals surface area contributed by atoms with Gasteiger partial charge in [-0.3, -0.25) is 0 Å². The molecule has 0 amide bonds. The maximum atomic E-state index is 5.00. The van der Waals surface area contributed by atoms with Crippen LogP contribution in [0.15, 0.2) is 28.4 Å². The van der Waals surface area contributed by atoms with Crippen LogP contribution in [0.25, 0.3) is 0 Å². The second-order valence-corrected chi connectivity index (χ2v) is 4.96. The summed E-state index contributed by atoms with van der Waals surface area (Å²) in [5, 5.41) is 6.67. The first-order chi connectivity index (χ1) is 7.75. The fourth-order valence-electron chi connectivity index (χ4n) is 1.40. The molecule has 2 aromatic rings. The van der Waals surface area contributed by atoms with E-state index in [1.54, 1.807) is 23.9 Å². The Morgan fingerprint density at radius 1 is 1.44 bits per heavy atom. The number of aromatic nitrogens is 1. The maximum Gasteiger partial charge on any atom is 0.0954 e. The molecule has 0 bridgehead atoms. The summed E-state index contributed by atoms with van der Waals surface area (Å²) in [6.07, 6.45) is 3.45. The molecule has 0 aliphatic heterocycles. The van der Waals surface area contributed by atoms with Crippen LogP contribution in [-0.4, -0.2) is 4.98 Å². The molecule has 0 atom stereocenters. The third-order valence-electron chi connectivity index (χ3n) is 2.28. The summed E-state index contributed by atoms with van der Waals surface area (Å²) < 4.78 is 5.00. The van der Waals surface area contributed by atoms with Crippen molar-refractivity contribution in [2.75, 3.05) is 0 Å². The Kier molecular flexibility index (Phi) is 3.74. The molecule has 0 spiro atoms. The van der Waals surface area contributed by atoms with Gasteiger partial charge < -0.3 is 9.73 Å². The molecule has 4 heteroatoms. The molecule has 0 fully saturated rings. The van der Waals surface area contributed by atoms with E-state index in [9.17, 15) is 0 Å². The van der Waals surface area contributed by atoms with Crippen molar-refractivity contribution >= 4 is 11.3 Å². The van der Waals surface area contributed by atoms with Crippen molar-refractivity contribution < 1.29 is 4.42 Å². The Bertz CT molecular complexity index is 420. The van der Waals surface area contributed by atoms with E-state index >= 15 is 0 Å². The number of furan rings is 1. The molecule has 2 aromatic heterocycles. The molecule has 0 aliphatic carbocycles. The van der Waals surface area contributed by atoms with E-state index in [4.69, 9.17) is 4.42 Å². The largest absolute Gasteiger partial charge is 0.472 e. The standard InChI is InChI=1S/C12H16N2OS/c1-9(2)12-14-11(8-16-12)6-13-5-10-3-4-15-7-10/h3-4,7-9,13H,5-6H2,1-2H3. The topological polar surface area (TPSA) is 38.1 Å². The third kappa shape index (κ3) is 2.93. The smallest absolute Gasteiger partial charge is 0.0954 e. The number of hydrogen-bond acceptors (Lipinski definition) is 4.